The van der Waals surface area contributed by atoms with Crippen molar-refractivity contribution < 1.29 is 35.9 Å². The van der Waals surface area contributed by atoms with Crippen molar-refractivity contribution in [2.24, 2.45) is 5.92 Å². The second-order valence-corrected chi connectivity index (χ2v) is 9.15. The predicted molar refractivity (Wildman–Crippen MR) is 105 cm³/mol. The van der Waals surface area contributed by atoms with Gasteiger partial charge in [-0.3, -0.25) is 13.9 Å². The monoisotopic (exact) mass is 470 g/mol. The smallest absolute Gasteiger partial charge is 0.416 e. The number of esters is 1. The lowest BCUT2D eigenvalue weighted by molar-refractivity contribution is -0.151. The molecule has 168 valence electrons. The molecule has 1 aromatic rings. The lowest BCUT2D eigenvalue weighted by Crippen LogP contribution is -2.46. The summed E-state index contributed by atoms with van der Waals surface area (Å²) in [5.41, 5.74) is -1.51. The quantitative estimate of drug-likeness (QED) is 0.597. The first kappa shape index (κ1) is 24.3. The van der Waals surface area contributed by atoms with E-state index in [9.17, 15) is 31.2 Å². The van der Waals surface area contributed by atoms with E-state index in [1.807, 2.05) is 0 Å². The lowest BCUT2D eigenvalue weighted by atomic mass is 9.97. The summed E-state index contributed by atoms with van der Waals surface area (Å²) in [5, 5.41) is -0.234. The van der Waals surface area contributed by atoms with Crippen LogP contribution in [0.25, 0.3) is 0 Å². The van der Waals surface area contributed by atoms with Gasteiger partial charge < -0.3 is 9.64 Å². The summed E-state index contributed by atoms with van der Waals surface area (Å²) in [4.78, 5) is 25.8. The zero-order valence-electron chi connectivity index (χ0n) is 16.4. The molecule has 1 fully saturated rings. The average Bonchev–Trinajstić information content (AvgIpc) is 2.65. The zero-order valence-corrected chi connectivity index (χ0v) is 18.0. The van der Waals surface area contributed by atoms with Crippen LogP contribution in [0.2, 0.25) is 5.02 Å². The van der Waals surface area contributed by atoms with Gasteiger partial charge in [-0.1, -0.05) is 11.6 Å². The van der Waals surface area contributed by atoms with Crippen molar-refractivity contribution in [1.29, 1.82) is 0 Å². The summed E-state index contributed by atoms with van der Waals surface area (Å²) in [6, 6.07) is 2.27. The molecule has 1 aliphatic rings. The summed E-state index contributed by atoms with van der Waals surface area (Å²) >= 11 is 5.95. The second kappa shape index (κ2) is 9.42. The fourth-order valence-corrected chi connectivity index (χ4v) is 4.23. The van der Waals surface area contributed by atoms with Crippen LogP contribution in [-0.4, -0.2) is 57.7 Å². The van der Waals surface area contributed by atoms with Crippen LogP contribution in [0.3, 0.4) is 0 Å². The third kappa shape index (κ3) is 6.00. The van der Waals surface area contributed by atoms with Crippen LogP contribution in [0.5, 0.6) is 0 Å². The molecule has 2 rings (SSSR count). The van der Waals surface area contributed by atoms with E-state index in [-0.39, 0.29) is 36.6 Å². The molecule has 1 amide bonds. The Kier molecular flexibility index (Phi) is 7.62. The molecule has 30 heavy (non-hydrogen) atoms. The van der Waals surface area contributed by atoms with Gasteiger partial charge in [0.15, 0.2) is 0 Å². The lowest BCUT2D eigenvalue weighted by Gasteiger charge is -2.33. The Morgan fingerprint density at radius 3 is 2.37 bits per heavy atom. The Morgan fingerprint density at radius 2 is 1.87 bits per heavy atom. The molecule has 1 aliphatic heterocycles. The number of piperidine rings is 1. The van der Waals surface area contributed by atoms with Gasteiger partial charge in [-0.15, -0.1) is 0 Å². The van der Waals surface area contributed by atoms with E-state index >= 15 is 0 Å². The molecule has 0 aromatic heterocycles. The minimum absolute atomic E-state index is 0.205. The van der Waals surface area contributed by atoms with Crippen LogP contribution in [0.1, 0.15) is 25.3 Å². The first-order valence-corrected chi connectivity index (χ1v) is 11.4. The normalized spacial score (nSPS) is 15.7. The number of halogens is 4. The molecule has 1 aromatic carbocycles. The Labute approximate surface area is 177 Å². The topological polar surface area (TPSA) is 84.0 Å². The number of likely N-dealkylation sites (tertiary alicyclic amines) is 1. The van der Waals surface area contributed by atoms with Crippen molar-refractivity contribution in [3.05, 3.63) is 28.8 Å². The Bertz CT molecular complexity index is 900. The van der Waals surface area contributed by atoms with Gasteiger partial charge in [0.1, 0.15) is 6.54 Å². The van der Waals surface area contributed by atoms with E-state index in [0.717, 1.165) is 18.4 Å². The zero-order chi connectivity index (χ0) is 22.7. The number of carbonyl (C=O) groups is 2. The summed E-state index contributed by atoms with van der Waals surface area (Å²) in [6.07, 6.45) is -3.22. The van der Waals surface area contributed by atoms with Crippen LogP contribution >= 0.6 is 11.6 Å². The van der Waals surface area contributed by atoms with E-state index in [1.54, 1.807) is 6.92 Å². The van der Waals surface area contributed by atoms with Gasteiger partial charge in [0.05, 0.1) is 35.1 Å². The number of rotatable bonds is 6. The standard InChI is InChI=1S/C18H22ClF3N2O5S/c1-3-29-17(26)12-6-8-23(9-7-12)16(25)11-24(30(2,27)28)15-10-13(18(20,21)22)4-5-14(15)19/h4-5,10,12H,3,6-9,11H2,1-2H3. The number of carbonyl (C=O) groups excluding carboxylic acids is 2. The molecular weight excluding hydrogens is 449 g/mol. The van der Waals surface area contributed by atoms with E-state index in [0.29, 0.717) is 23.2 Å². The van der Waals surface area contributed by atoms with E-state index in [2.05, 4.69) is 0 Å². The largest absolute Gasteiger partial charge is 0.466 e. The minimum atomic E-state index is -4.71. The summed E-state index contributed by atoms with van der Waals surface area (Å²) in [7, 11) is -4.11. The van der Waals surface area contributed by atoms with Crippen LogP contribution in [0, 0.1) is 5.92 Å². The fourth-order valence-electron chi connectivity index (χ4n) is 3.11. The van der Waals surface area contributed by atoms with Gasteiger partial charge >= 0.3 is 12.1 Å². The van der Waals surface area contributed by atoms with Crippen molar-refractivity contribution in [3.8, 4) is 0 Å². The maximum atomic E-state index is 13.0. The third-order valence-corrected chi connectivity index (χ3v) is 6.14. The van der Waals surface area contributed by atoms with Crippen molar-refractivity contribution in [3.63, 3.8) is 0 Å². The van der Waals surface area contributed by atoms with E-state index < -0.39 is 39.9 Å². The highest BCUT2D eigenvalue weighted by atomic mass is 35.5. The Hall–Kier alpha value is -2.01. The highest BCUT2D eigenvalue weighted by Gasteiger charge is 2.34. The van der Waals surface area contributed by atoms with Crippen molar-refractivity contribution in [2.45, 2.75) is 25.9 Å². The number of sulfonamides is 1. The number of nitrogens with zero attached hydrogens (tertiary/aromatic N) is 2. The van der Waals surface area contributed by atoms with E-state index in [1.165, 1.54) is 4.90 Å². The number of ether oxygens (including phenoxy) is 1. The molecule has 0 aliphatic carbocycles. The number of anilines is 1. The van der Waals surface area contributed by atoms with Gasteiger partial charge in [0.25, 0.3) is 0 Å². The van der Waals surface area contributed by atoms with Crippen molar-refractivity contribution in [1.82, 2.24) is 4.90 Å². The molecule has 0 N–H and O–H groups in total. The fraction of sp³-hybridized carbons (Fsp3) is 0.556. The Morgan fingerprint density at radius 1 is 1.27 bits per heavy atom. The van der Waals surface area contributed by atoms with Gasteiger partial charge in [-0.25, -0.2) is 8.42 Å². The number of amides is 1. The minimum Gasteiger partial charge on any atom is -0.466 e. The van der Waals surface area contributed by atoms with Crippen LogP contribution in [0.15, 0.2) is 18.2 Å². The third-order valence-electron chi connectivity index (χ3n) is 4.69. The van der Waals surface area contributed by atoms with Crippen LogP contribution in [-0.2, 0) is 30.5 Å². The highest BCUT2D eigenvalue weighted by Crippen LogP contribution is 2.36. The molecule has 7 nitrogen and oxygen atoms in total. The maximum Gasteiger partial charge on any atom is 0.416 e. The van der Waals surface area contributed by atoms with Gasteiger partial charge in [-0.2, -0.15) is 13.2 Å². The number of alkyl halides is 3. The molecule has 0 bridgehead atoms. The molecule has 0 spiro atoms. The molecule has 0 unspecified atom stereocenters. The molecule has 0 atom stereocenters. The van der Waals surface area contributed by atoms with Crippen LogP contribution < -0.4 is 4.31 Å². The predicted octanol–water partition coefficient (Wildman–Crippen LogP) is 2.93. The van der Waals surface area contributed by atoms with E-state index in [4.69, 9.17) is 16.3 Å². The highest BCUT2D eigenvalue weighted by molar-refractivity contribution is 7.92. The van der Waals surface area contributed by atoms with Crippen molar-refractivity contribution in [2.75, 3.05) is 36.8 Å². The molecule has 0 radical (unpaired) electrons. The van der Waals surface area contributed by atoms with Crippen molar-refractivity contribution >= 4 is 39.2 Å². The van der Waals surface area contributed by atoms with Gasteiger partial charge in [0.2, 0.25) is 15.9 Å². The summed E-state index contributed by atoms with van der Waals surface area (Å²) < 4.78 is 69.1. The average molecular weight is 471 g/mol. The molecular formula is C18H22ClF3N2O5S. The Balaban J connectivity index is 2.19. The van der Waals surface area contributed by atoms with Crippen LogP contribution in [0.4, 0.5) is 18.9 Å². The first-order valence-electron chi connectivity index (χ1n) is 9.13. The molecule has 0 saturated carbocycles. The maximum absolute atomic E-state index is 13.0. The molecule has 1 heterocycles. The summed E-state index contributed by atoms with van der Waals surface area (Å²) in [5.74, 6) is -1.30. The van der Waals surface area contributed by atoms with Gasteiger partial charge in [-0.05, 0) is 38.0 Å². The summed E-state index contributed by atoms with van der Waals surface area (Å²) in [6.45, 7) is 1.64. The SMILES string of the molecule is CCOC(=O)C1CCN(C(=O)CN(c2cc(C(F)(F)F)ccc2Cl)S(C)(=O)=O)CC1. The second-order valence-electron chi connectivity index (χ2n) is 6.84. The number of hydrogen-bond acceptors (Lipinski definition) is 5. The molecule has 12 heteroatoms. The molecule has 1 saturated heterocycles. The number of hydrogen-bond donors (Lipinski definition) is 0. The number of benzene rings is 1. The van der Waals surface area contributed by atoms with Gasteiger partial charge in [0, 0.05) is 13.1 Å². The first-order chi connectivity index (χ1) is 13.8.